The molecule has 1 aromatic heterocycles. The topological polar surface area (TPSA) is 37.4 Å². The fourth-order valence-electron chi connectivity index (χ4n) is 3.66. The molecule has 0 atom stereocenters. The monoisotopic (exact) mass is 311 g/mol. The molecule has 2 fully saturated rings. The van der Waals surface area contributed by atoms with Crippen LogP contribution >= 0.6 is 12.4 Å². The molecule has 0 aliphatic carbocycles. The summed E-state index contributed by atoms with van der Waals surface area (Å²) < 4.78 is 5.34. The first kappa shape index (κ1) is 16.5. The van der Waals surface area contributed by atoms with Crippen LogP contribution in [0.5, 0.6) is 5.75 Å². The van der Waals surface area contributed by atoms with Crippen molar-refractivity contribution in [2.75, 3.05) is 33.3 Å². The number of pyridine rings is 1. The van der Waals surface area contributed by atoms with Gasteiger partial charge in [-0.3, -0.25) is 9.88 Å². The van der Waals surface area contributed by atoms with E-state index in [4.69, 9.17) is 4.74 Å². The molecule has 2 saturated heterocycles. The summed E-state index contributed by atoms with van der Waals surface area (Å²) in [5, 5.41) is 3.48. The second-order valence-electron chi connectivity index (χ2n) is 6.35. The number of aromatic nitrogens is 1. The van der Waals surface area contributed by atoms with Crippen molar-refractivity contribution in [1.82, 2.24) is 15.2 Å². The number of nitrogens with zero attached hydrogens (tertiary/aromatic N) is 2. The van der Waals surface area contributed by atoms with Crippen molar-refractivity contribution in [1.29, 1.82) is 0 Å². The third kappa shape index (κ3) is 3.87. The lowest BCUT2D eigenvalue weighted by molar-refractivity contribution is 0.193. The van der Waals surface area contributed by atoms with E-state index >= 15 is 0 Å². The molecule has 118 valence electrons. The second kappa shape index (κ2) is 6.95. The fraction of sp³-hybridized carbons (Fsp3) is 0.688. The maximum atomic E-state index is 5.34. The van der Waals surface area contributed by atoms with E-state index in [-0.39, 0.29) is 12.4 Å². The maximum Gasteiger partial charge on any atom is 0.122 e. The molecule has 0 radical (unpaired) electrons. The van der Waals surface area contributed by atoms with Crippen LogP contribution < -0.4 is 10.1 Å². The Kier molecular flexibility index (Phi) is 5.47. The number of halogens is 1. The van der Waals surface area contributed by atoms with Gasteiger partial charge in [-0.05, 0) is 51.2 Å². The fourth-order valence-corrected chi connectivity index (χ4v) is 3.66. The van der Waals surface area contributed by atoms with Crippen LogP contribution in [0, 0.1) is 12.3 Å². The minimum absolute atomic E-state index is 0. The molecule has 1 spiro atoms. The summed E-state index contributed by atoms with van der Waals surface area (Å²) in [6, 6.07) is 4.06. The SMILES string of the molecule is COc1cc(C)nc(CN2CCC3(CCNCC3)C2)c1.Cl. The van der Waals surface area contributed by atoms with Crippen molar-refractivity contribution in [2.24, 2.45) is 5.41 Å². The van der Waals surface area contributed by atoms with E-state index in [1.54, 1.807) is 7.11 Å². The summed E-state index contributed by atoms with van der Waals surface area (Å²) in [6.45, 7) is 7.79. The molecule has 1 N–H and O–H groups in total. The van der Waals surface area contributed by atoms with Gasteiger partial charge in [0.05, 0.1) is 12.8 Å². The van der Waals surface area contributed by atoms with E-state index < -0.39 is 0 Å². The average Bonchev–Trinajstić information content (AvgIpc) is 2.81. The molecular formula is C16H26ClN3O. The van der Waals surface area contributed by atoms with Crippen molar-refractivity contribution in [2.45, 2.75) is 32.7 Å². The predicted molar refractivity (Wildman–Crippen MR) is 87.2 cm³/mol. The molecule has 2 aliphatic heterocycles. The van der Waals surface area contributed by atoms with E-state index in [1.807, 2.05) is 13.0 Å². The van der Waals surface area contributed by atoms with Crippen LogP contribution in [0.25, 0.3) is 0 Å². The Bertz CT molecular complexity index is 475. The van der Waals surface area contributed by atoms with Gasteiger partial charge in [-0.2, -0.15) is 0 Å². The molecule has 2 aliphatic rings. The standard InChI is InChI=1S/C16H25N3O.ClH/c1-13-9-15(20-2)10-14(18-13)11-19-8-5-16(12-19)3-6-17-7-4-16;/h9-10,17H,3-8,11-12H2,1-2H3;1H. The van der Waals surface area contributed by atoms with Gasteiger partial charge >= 0.3 is 0 Å². The molecule has 0 aromatic carbocycles. The maximum absolute atomic E-state index is 5.34. The summed E-state index contributed by atoms with van der Waals surface area (Å²) in [5.41, 5.74) is 2.74. The third-order valence-electron chi connectivity index (χ3n) is 4.78. The molecule has 1 aromatic rings. The van der Waals surface area contributed by atoms with Gasteiger partial charge < -0.3 is 10.1 Å². The number of aryl methyl sites for hydroxylation is 1. The lowest BCUT2D eigenvalue weighted by Gasteiger charge is -2.33. The molecule has 0 saturated carbocycles. The number of nitrogens with one attached hydrogen (secondary N) is 1. The smallest absolute Gasteiger partial charge is 0.122 e. The second-order valence-corrected chi connectivity index (χ2v) is 6.35. The number of hydrogen-bond acceptors (Lipinski definition) is 4. The molecule has 5 heteroatoms. The molecule has 0 bridgehead atoms. The zero-order valence-electron chi connectivity index (χ0n) is 13.0. The minimum atomic E-state index is 0. The molecule has 21 heavy (non-hydrogen) atoms. The Balaban J connectivity index is 0.00000161. The minimum Gasteiger partial charge on any atom is -0.497 e. The number of piperidine rings is 1. The van der Waals surface area contributed by atoms with Crippen LogP contribution in [-0.2, 0) is 6.54 Å². The third-order valence-corrected chi connectivity index (χ3v) is 4.78. The van der Waals surface area contributed by atoms with Crippen LogP contribution in [0.1, 0.15) is 30.7 Å². The van der Waals surface area contributed by atoms with E-state index in [0.29, 0.717) is 5.41 Å². The summed E-state index contributed by atoms with van der Waals surface area (Å²) >= 11 is 0. The number of likely N-dealkylation sites (tertiary alicyclic amines) is 1. The zero-order valence-corrected chi connectivity index (χ0v) is 13.8. The molecule has 4 nitrogen and oxygen atoms in total. The molecule has 0 unspecified atom stereocenters. The van der Waals surface area contributed by atoms with Crippen molar-refractivity contribution in [3.8, 4) is 5.75 Å². The Labute approximate surface area is 133 Å². The van der Waals surface area contributed by atoms with Crippen molar-refractivity contribution < 1.29 is 4.74 Å². The van der Waals surface area contributed by atoms with Crippen molar-refractivity contribution in [3.05, 3.63) is 23.5 Å². The molecule has 0 amide bonds. The van der Waals surface area contributed by atoms with Gasteiger partial charge in [0.2, 0.25) is 0 Å². The van der Waals surface area contributed by atoms with Gasteiger partial charge in [-0.25, -0.2) is 0 Å². The van der Waals surface area contributed by atoms with Crippen LogP contribution in [0.15, 0.2) is 12.1 Å². The van der Waals surface area contributed by atoms with Crippen LogP contribution in [0.3, 0.4) is 0 Å². The highest BCUT2D eigenvalue weighted by atomic mass is 35.5. The first-order chi connectivity index (χ1) is 9.69. The van der Waals surface area contributed by atoms with E-state index in [2.05, 4.69) is 21.3 Å². The summed E-state index contributed by atoms with van der Waals surface area (Å²) in [7, 11) is 1.72. The zero-order chi connectivity index (χ0) is 14.0. The number of ether oxygens (including phenoxy) is 1. The van der Waals surface area contributed by atoms with Crippen LogP contribution in [0.2, 0.25) is 0 Å². The van der Waals surface area contributed by atoms with E-state index in [1.165, 1.54) is 45.4 Å². The predicted octanol–water partition coefficient (Wildman–Crippen LogP) is 2.40. The molecule has 3 heterocycles. The van der Waals surface area contributed by atoms with Crippen LogP contribution in [-0.4, -0.2) is 43.2 Å². The summed E-state index contributed by atoms with van der Waals surface area (Å²) in [4.78, 5) is 7.21. The number of rotatable bonds is 3. The first-order valence-electron chi connectivity index (χ1n) is 7.64. The summed E-state index contributed by atoms with van der Waals surface area (Å²) in [6.07, 6.45) is 4.00. The molecular weight excluding hydrogens is 286 g/mol. The average molecular weight is 312 g/mol. The van der Waals surface area contributed by atoms with E-state index in [0.717, 1.165) is 23.7 Å². The molecule has 3 rings (SSSR count). The van der Waals surface area contributed by atoms with Gasteiger partial charge in [-0.15, -0.1) is 12.4 Å². The van der Waals surface area contributed by atoms with Gasteiger partial charge in [0, 0.05) is 30.9 Å². The Hall–Kier alpha value is -0.840. The highest BCUT2D eigenvalue weighted by Crippen LogP contribution is 2.39. The quantitative estimate of drug-likeness (QED) is 0.930. The lowest BCUT2D eigenvalue weighted by atomic mass is 9.78. The highest BCUT2D eigenvalue weighted by Gasteiger charge is 2.38. The van der Waals surface area contributed by atoms with Crippen molar-refractivity contribution in [3.63, 3.8) is 0 Å². The highest BCUT2D eigenvalue weighted by molar-refractivity contribution is 5.85. The number of methoxy groups -OCH3 is 1. The Morgan fingerprint density at radius 2 is 2.05 bits per heavy atom. The Morgan fingerprint density at radius 1 is 1.29 bits per heavy atom. The normalized spacial score (nSPS) is 21.2. The largest absolute Gasteiger partial charge is 0.497 e. The van der Waals surface area contributed by atoms with Gasteiger partial charge in [-0.1, -0.05) is 0 Å². The van der Waals surface area contributed by atoms with Gasteiger partial charge in [0.25, 0.3) is 0 Å². The number of hydrogen-bond donors (Lipinski definition) is 1. The van der Waals surface area contributed by atoms with Gasteiger partial charge in [0.15, 0.2) is 0 Å². The van der Waals surface area contributed by atoms with Gasteiger partial charge in [0.1, 0.15) is 5.75 Å². The summed E-state index contributed by atoms with van der Waals surface area (Å²) in [5.74, 6) is 0.920. The van der Waals surface area contributed by atoms with Crippen molar-refractivity contribution >= 4 is 12.4 Å². The Morgan fingerprint density at radius 3 is 2.76 bits per heavy atom. The van der Waals surface area contributed by atoms with Crippen LogP contribution in [0.4, 0.5) is 0 Å². The van der Waals surface area contributed by atoms with E-state index in [9.17, 15) is 0 Å². The first-order valence-corrected chi connectivity index (χ1v) is 7.64. The lowest BCUT2D eigenvalue weighted by Crippen LogP contribution is -2.38.